The lowest BCUT2D eigenvalue weighted by Crippen LogP contribution is -2.14. The Bertz CT molecular complexity index is 725. The molecule has 0 aliphatic heterocycles. The van der Waals surface area contributed by atoms with Gasteiger partial charge in [0, 0.05) is 26.0 Å². The van der Waals surface area contributed by atoms with E-state index >= 15 is 0 Å². The predicted octanol–water partition coefficient (Wildman–Crippen LogP) is 1.92. The van der Waals surface area contributed by atoms with Crippen LogP contribution >= 0.6 is 0 Å². The van der Waals surface area contributed by atoms with E-state index in [1.165, 1.54) is 0 Å². The zero-order chi connectivity index (χ0) is 14.7. The van der Waals surface area contributed by atoms with Crippen LogP contribution in [0.3, 0.4) is 0 Å². The predicted molar refractivity (Wildman–Crippen MR) is 82.4 cm³/mol. The van der Waals surface area contributed by atoms with Gasteiger partial charge in [0.1, 0.15) is 5.82 Å². The lowest BCUT2D eigenvalue weighted by atomic mass is 10.1. The van der Waals surface area contributed by atoms with Crippen LogP contribution in [0.15, 0.2) is 48.9 Å². The van der Waals surface area contributed by atoms with Crippen LogP contribution in [0.2, 0.25) is 0 Å². The van der Waals surface area contributed by atoms with Gasteiger partial charge in [-0.1, -0.05) is 30.3 Å². The smallest absolute Gasteiger partial charge is 0.180 e. The van der Waals surface area contributed by atoms with Crippen molar-refractivity contribution in [3.8, 4) is 0 Å². The molecule has 3 aromatic rings. The van der Waals surface area contributed by atoms with Gasteiger partial charge in [-0.15, -0.1) is 0 Å². The summed E-state index contributed by atoms with van der Waals surface area (Å²) >= 11 is 0. The molecular formula is C15H17N5O. The minimum Gasteiger partial charge on any atom is -0.387 e. The van der Waals surface area contributed by atoms with Gasteiger partial charge in [-0.3, -0.25) is 0 Å². The first kappa shape index (κ1) is 13.4. The highest BCUT2D eigenvalue weighted by Crippen LogP contribution is 2.18. The molecule has 0 saturated carbocycles. The van der Waals surface area contributed by atoms with E-state index in [2.05, 4.69) is 20.6 Å². The molecule has 0 fully saturated rings. The summed E-state index contributed by atoms with van der Waals surface area (Å²) in [6.45, 7) is 0.368. The van der Waals surface area contributed by atoms with Crippen molar-refractivity contribution in [1.29, 1.82) is 0 Å². The number of rotatable bonds is 5. The summed E-state index contributed by atoms with van der Waals surface area (Å²) in [6, 6.07) is 9.54. The summed E-state index contributed by atoms with van der Waals surface area (Å²) in [6.07, 6.45) is 4.84. The molecular weight excluding hydrogens is 266 g/mol. The molecule has 6 nitrogen and oxygen atoms in total. The summed E-state index contributed by atoms with van der Waals surface area (Å²) in [5.74, 6) is 1.37. The third kappa shape index (κ3) is 2.80. The maximum absolute atomic E-state index is 10.2. The number of imidazole rings is 1. The number of benzene rings is 1. The molecule has 2 heterocycles. The Morgan fingerprint density at radius 3 is 2.86 bits per heavy atom. The van der Waals surface area contributed by atoms with E-state index in [1.807, 2.05) is 54.2 Å². The summed E-state index contributed by atoms with van der Waals surface area (Å²) in [5.41, 5.74) is 1.60. The van der Waals surface area contributed by atoms with E-state index in [9.17, 15) is 5.11 Å². The van der Waals surface area contributed by atoms with Crippen molar-refractivity contribution in [3.63, 3.8) is 0 Å². The Morgan fingerprint density at radius 1 is 1.29 bits per heavy atom. The van der Waals surface area contributed by atoms with E-state index < -0.39 is 6.10 Å². The van der Waals surface area contributed by atoms with E-state index in [0.29, 0.717) is 12.4 Å². The van der Waals surface area contributed by atoms with E-state index in [1.54, 1.807) is 6.20 Å². The van der Waals surface area contributed by atoms with Crippen LogP contribution in [0.5, 0.6) is 0 Å². The van der Waals surface area contributed by atoms with Gasteiger partial charge in [0.15, 0.2) is 11.5 Å². The van der Waals surface area contributed by atoms with Gasteiger partial charge in [-0.05, 0) is 5.56 Å². The SMILES string of the molecule is CNc1cn2ccnc2c(NCC(O)c2ccccc2)n1. The topological polar surface area (TPSA) is 74.5 Å². The number of nitrogens with zero attached hydrogens (tertiary/aromatic N) is 3. The van der Waals surface area contributed by atoms with Crippen LogP contribution in [-0.4, -0.2) is 33.1 Å². The molecule has 0 aliphatic rings. The van der Waals surface area contributed by atoms with Gasteiger partial charge in [-0.2, -0.15) is 0 Å². The summed E-state index contributed by atoms with van der Waals surface area (Å²) < 4.78 is 1.88. The molecule has 1 unspecified atom stereocenters. The third-order valence-electron chi connectivity index (χ3n) is 3.28. The van der Waals surface area contributed by atoms with Crippen molar-refractivity contribution in [2.75, 3.05) is 24.2 Å². The molecule has 0 saturated heterocycles. The maximum atomic E-state index is 10.2. The molecule has 0 radical (unpaired) electrons. The van der Waals surface area contributed by atoms with Crippen LogP contribution < -0.4 is 10.6 Å². The minimum atomic E-state index is -0.596. The van der Waals surface area contributed by atoms with Crippen molar-refractivity contribution in [1.82, 2.24) is 14.4 Å². The van der Waals surface area contributed by atoms with Crippen LogP contribution in [-0.2, 0) is 0 Å². The first-order chi connectivity index (χ1) is 10.3. The fourth-order valence-corrected chi connectivity index (χ4v) is 2.16. The molecule has 0 aliphatic carbocycles. The number of aliphatic hydroxyl groups is 1. The first-order valence-corrected chi connectivity index (χ1v) is 6.76. The lowest BCUT2D eigenvalue weighted by Gasteiger charge is -2.14. The van der Waals surface area contributed by atoms with E-state index in [0.717, 1.165) is 17.0 Å². The quantitative estimate of drug-likeness (QED) is 0.667. The summed E-state index contributed by atoms with van der Waals surface area (Å²) in [5, 5.41) is 16.4. The van der Waals surface area contributed by atoms with Gasteiger partial charge in [0.2, 0.25) is 0 Å². The van der Waals surface area contributed by atoms with E-state index in [-0.39, 0.29) is 0 Å². The number of hydrogen-bond acceptors (Lipinski definition) is 5. The van der Waals surface area contributed by atoms with E-state index in [4.69, 9.17) is 0 Å². The Hall–Kier alpha value is -2.60. The van der Waals surface area contributed by atoms with Gasteiger partial charge in [0.05, 0.1) is 12.3 Å². The van der Waals surface area contributed by atoms with Crippen molar-refractivity contribution in [2.24, 2.45) is 0 Å². The normalized spacial score (nSPS) is 12.3. The molecule has 6 heteroatoms. The maximum Gasteiger partial charge on any atom is 0.180 e. The zero-order valence-electron chi connectivity index (χ0n) is 11.7. The molecule has 0 amide bonds. The van der Waals surface area contributed by atoms with Gasteiger partial charge < -0.3 is 20.1 Å². The Balaban J connectivity index is 1.80. The fourth-order valence-electron chi connectivity index (χ4n) is 2.16. The molecule has 21 heavy (non-hydrogen) atoms. The van der Waals surface area contributed by atoms with Crippen molar-refractivity contribution < 1.29 is 5.11 Å². The van der Waals surface area contributed by atoms with Crippen molar-refractivity contribution >= 4 is 17.3 Å². The highest BCUT2D eigenvalue weighted by atomic mass is 16.3. The number of nitrogens with one attached hydrogen (secondary N) is 2. The summed E-state index contributed by atoms with van der Waals surface area (Å²) in [4.78, 5) is 8.71. The lowest BCUT2D eigenvalue weighted by molar-refractivity contribution is 0.191. The Kier molecular flexibility index (Phi) is 3.70. The van der Waals surface area contributed by atoms with Gasteiger partial charge >= 0.3 is 0 Å². The van der Waals surface area contributed by atoms with Gasteiger partial charge in [0.25, 0.3) is 0 Å². The zero-order valence-corrected chi connectivity index (χ0v) is 11.7. The highest BCUT2D eigenvalue weighted by molar-refractivity contribution is 5.65. The van der Waals surface area contributed by atoms with Crippen LogP contribution in [0.25, 0.3) is 5.65 Å². The number of aromatic nitrogens is 3. The fraction of sp³-hybridized carbons (Fsp3) is 0.200. The second-order valence-corrected chi connectivity index (χ2v) is 4.69. The molecule has 108 valence electrons. The molecule has 3 rings (SSSR count). The minimum absolute atomic E-state index is 0.368. The van der Waals surface area contributed by atoms with Crippen LogP contribution in [0.1, 0.15) is 11.7 Å². The van der Waals surface area contributed by atoms with Crippen molar-refractivity contribution in [2.45, 2.75) is 6.10 Å². The molecule has 0 spiro atoms. The number of hydrogen-bond donors (Lipinski definition) is 3. The Labute approximate surface area is 122 Å². The Morgan fingerprint density at radius 2 is 2.10 bits per heavy atom. The second kappa shape index (κ2) is 5.80. The molecule has 1 atom stereocenters. The third-order valence-corrected chi connectivity index (χ3v) is 3.28. The number of fused-ring (bicyclic) bond motifs is 1. The monoisotopic (exact) mass is 283 g/mol. The standard InChI is InChI=1S/C15H17N5O/c1-16-13-10-20-8-7-17-15(20)14(19-13)18-9-12(21)11-5-3-2-4-6-11/h2-8,10,12,16,21H,9H2,1H3,(H,18,19). The average Bonchev–Trinajstić information content (AvgIpc) is 3.01. The molecule has 2 aromatic heterocycles. The largest absolute Gasteiger partial charge is 0.387 e. The van der Waals surface area contributed by atoms with Gasteiger partial charge in [-0.25, -0.2) is 9.97 Å². The highest BCUT2D eigenvalue weighted by Gasteiger charge is 2.10. The average molecular weight is 283 g/mol. The number of aliphatic hydroxyl groups excluding tert-OH is 1. The molecule has 1 aromatic carbocycles. The molecule has 3 N–H and O–H groups in total. The number of anilines is 2. The van der Waals surface area contributed by atoms with Crippen LogP contribution in [0.4, 0.5) is 11.6 Å². The van der Waals surface area contributed by atoms with Crippen molar-refractivity contribution in [3.05, 3.63) is 54.5 Å². The second-order valence-electron chi connectivity index (χ2n) is 4.69. The first-order valence-electron chi connectivity index (χ1n) is 6.76. The summed E-state index contributed by atoms with van der Waals surface area (Å²) in [7, 11) is 1.81. The molecule has 0 bridgehead atoms. The van der Waals surface area contributed by atoms with Crippen LogP contribution in [0, 0.1) is 0 Å².